The highest BCUT2D eigenvalue weighted by molar-refractivity contribution is 6.07. The molecule has 1 aliphatic carbocycles. The summed E-state index contributed by atoms with van der Waals surface area (Å²) in [5, 5.41) is 23.1. The molecule has 29 heteroatoms. The van der Waals surface area contributed by atoms with Crippen molar-refractivity contribution in [2.24, 2.45) is 10.9 Å². The third-order valence-electron chi connectivity index (χ3n) is 17.9. The molecule has 4 heterocycles. The lowest BCUT2D eigenvalue weighted by molar-refractivity contribution is -0.132. The maximum absolute atomic E-state index is 14.3. The van der Waals surface area contributed by atoms with Gasteiger partial charge in [-0.2, -0.15) is 0 Å². The first-order valence-electron chi connectivity index (χ1n) is 37.7. The summed E-state index contributed by atoms with van der Waals surface area (Å²) in [5.41, 5.74) is 4.83. The number of benzene rings is 3. The van der Waals surface area contributed by atoms with Crippen molar-refractivity contribution in [3.8, 4) is 23.0 Å². The summed E-state index contributed by atoms with van der Waals surface area (Å²) < 4.78 is 74.0. The standard InChI is InChI=1S/C82H108N8O21/c1-57(2)76(87-74(91)26-30-101-32-34-103-36-38-105-40-42-107-44-45-108-43-41-106-39-37-104-35-33-102-31-27-83-75(92)48-61-20-16-13-11-9-8-10-12-14-17-21-61)78(94)85-60(5)77(93)86-63-24-22-62(23-25-63)56-111-82(98)90-68-52-73(71(100-7)50-66(68)80(96)89-55-59(4)47-69(89)81(90)97)110-29-19-15-18-28-109-72-51-67-65(49-70(72)99-6)79(95)88-54-58(3)46-64(88)53-84-67/h8-14,16-17,20-25,49-55,57,60,64,69,76,81,97H,15,18-19,26-48,56H2,1-7H3,(H,83,92)(H,85,94)(H,86,93)(H,87,91)/b9-8-,10-8?,11-9?,12-10-,13-11-,14-12?,16-13?,17-14-,20-16?,21-17?,61-20?,61-21?/t60?,64-,69-,76-,81-/m0/s1. The molecule has 5 aliphatic rings. The molecule has 3 aromatic carbocycles. The van der Waals surface area contributed by atoms with Crippen LogP contribution in [-0.2, 0) is 68.4 Å². The van der Waals surface area contributed by atoms with Crippen LogP contribution in [-0.4, -0.2) is 233 Å². The van der Waals surface area contributed by atoms with Gasteiger partial charge in [-0.05, 0) is 94.2 Å². The van der Waals surface area contributed by atoms with Crippen LogP contribution in [0.4, 0.5) is 21.9 Å². The predicted octanol–water partition coefficient (Wildman–Crippen LogP) is 9.09. The summed E-state index contributed by atoms with van der Waals surface area (Å²) in [6, 6.07) is 9.97. The van der Waals surface area contributed by atoms with Gasteiger partial charge in [0.1, 0.15) is 18.7 Å². The number of carbonyl (C=O) groups is 7. The van der Waals surface area contributed by atoms with E-state index >= 15 is 0 Å². The number of rotatable bonds is 47. The number of hydrogen-bond acceptors (Lipinski definition) is 22. The van der Waals surface area contributed by atoms with Gasteiger partial charge in [-0.1, -0.05) is 104 Å². The summed E-state index contributed by atoms with van der Waals surface area (Å²) >= 11 is 0. The van der Waals surface area contributed by atoms with Gasteiger partial charge in [0, 0.05) is 49.4 Å². The topological polar surface area (TPSA) is 330 Å². The molecule has 0 saturated carbocycles. The number of fused-ring (bicyclic) bond motifs is 4. The van der Waals surface area contributed by atoms with Crippen molar-refractivity contribution in [3.63, 3.8) is 0 Å². The number of amides is 7. The zero-order valence-corrected chi connectivity index (χ0v) is 64.7. The highest BCUT2D eigenvalue weighted by Gasteiger charge is 2.45. The van der Waals surface area contributed by atoms with Crippen molar-refractivity contribution >= 4 is 64.8 Å². The van der Waals surface area contributed by atoms with E-state index in [0.717, 1.165) is 28.0 Å². The van der Waals surface area contributed by atoms with Crippen molar-refractivity contribution < 1.29 is 100 Å². The van der Waals surface area contributed by atoms with E-state index in [1.165, 1.54) is 38.2 Å². The second-order valence-corrected chi connectivity index (χ2v) is 26.9. The lowest BCUT2D eigenvalue weighted by atomic mass is 10.0. The molecule has 1 unspecified atom stereocenters. The van der Waals surface area contributed by atoms with Crippen LogP contribution in [0.3, 0.4) is 0 Å². The normalized spacial score (nSPS) is 18.0. The lowest BCUT2D eigenvalue weighted by Crippen LogP contribution is -2.53. The molecule has 0 fully saturated rings. The van der Waals surface area contributed by atoms with E-state index in [1.54, 1.807) is 67.6 Å². The van der Waals surface area contributed by atoms with Crippen molar-refractivity contribution in [1.82, 2.24) is 25.8 Å². The van der Waals surface area contributed by atoms with Gasteiger partial charge in [0.05, 0.1) is 174 Å². The average Bonchev–Trinajstić information content (AvgIpc) is 1.60. The monoisotopic (exact) mass is 1540 g/mol. The second-order valence-electron chi connectivity index (χ2n) is 26.9. The Hall–Kier alpha value is -9.82. The molecular formula is C82H108N8O21. The number of hydrogen-bond donors (Lipinski definition) is 5. The molecule has 0 aromatic heterocycles. The van der Waals surface area contributed by atoms with E-state index in [9.17, 15) is 38.7 Å². The Bertz CT molecular complexity index is 3850. The number of methoxy groups -OCH3 is 2. The smallest absolute Gasteiger partial charge is 0.416 e. The fourth-order valence-corrected chi connectivity index (χ4v) is 12.0. The van der Waals surface area contributed by atoms with Crippen molar-refractivity contribution in [3.05, 3.63) is 161 Å². The second kappa shape index (κ2) is 47.4. The molecule has 602 valence electrons. The van der Waals surface area contributed by atoms with Gasteiger partial charge in [0.15, 0.2) is 29.2 Å². The molecule has 5 N–H and O–H groups in total. The highest BCUT2D eigenvalue weighted by atomic mass is 16.6. The Labute approximate surface area is 649 Å². The molecule has 7 amide bonds. The van der Waals surface area contributed by atoms with E-state index in [-0.39, 0.29) is 92.4 Å². The quantitative estimate of drug-likeness (QED) is 0.0329. The van der Waals surface area contributed by atoms with Gasteiger partial charge < -0.3 is 97.8 Å². The number of aliphatic hydroxyl groups excluding tert-OH is 1. The molecule has 3 aromatic rings. The third kappa shape index (κ3) is 28.5. The van der Waals surface area contributed by atoms with Crippen LogP contribution in [0.5, 0.6) is 23.0 Å². The minimum absolute atomic E-state index is 0.00809. The first kappa shape index (κ1) is 86.8. The molecule has 5 atom stereocenters. The number of allylic oxidation sites excluding steroid dienone is 11. The van der Waals surface area contributed by atoms with Gasteiger partial charge in [-0.25, -0.2) is 9.69 Å². The van der Waals surface area contributed by atoms with Gasteiger partial charge >= 0.3 is 6.09 Å². The lowest BCUT2D eigenvalue weighted by Gasteiger charge is -2.31. The van der Waals surface area contributed by atoms with E-state index in [0.29, 0.717) is 159 Å². The molecule has 0 saturated heterocycles. The van der Waals surface area contributed by atoms with Crippen LogP contribution in [0.1, 0.15) is 106 Å². The summed E-state index contributed by atoms with van der Waals surface area (Å²) in [7, 11) is 2.97. The van der Waals surface area contributed by atoms with E-state index < -0.39 is 54.1 Å². The van der Waals surface area contributed by atoms with Crippen LogP contribution in [0, 0.1) is 5.92 Å². The van der Waals surface area contributed by atoms with Crippen molar-refractivity contribution in [2.45, 2.75) is 117 Å². The molecule has 29 nitrogen and oxygen atoms in total. The summed E-state index contributed by atoms with van der Waals surface area (Å²) in [6.07, 6.45) is 27.2. The predicted molar refractivity (Wildman–Crippen MR) is 416 cm³/mol. The fraction of sp³-hybridized carbons (Fsp3) is 0.488. The molecule has 4 aliphatic heterocycles. The number of ether oxygens (including phenoxy) is 13. The Kier molecular flexibility index (Phi) is 37.1. The largest absolute Gasteiger partial charge is 0.493 e. The van der Waals surface area contributed by atoms with Gasteiger partial charge in [-0.3, -0.25) is 33.8 Å². The van der Waals surface area contributed by atoms with Gasteiger partial charge in [-0.15, -0.1) is 0 Å². The van der Waals surface area contributed by atoms with E-state index in [4.69, 9.17) is 61.6 Å². The number of nitrogens with one attached hydrogen (secondary N) is 4. The number of aliphatic hydroxyl groups is 1. The van der Waals surface area contributed by atoms with E-state index in [2.05, 4.69) is 26.3 Å². The van der Waals surface area contributed by atoms with Crippen LogP contribution < -0.4 is 45.1 Å². The van der Waals surface area contributed by atoms with Crippen LogP contribution in [0.15, 0.2) is 149 Å². The number of aliphatic imine (C=N–C) groups is 1. The van der Waals surface area contributed by atoms with Crippen molar-refractivity contribution in [1.29, 1.82) is 0 Å². The first-order valence-corrected chi connectivity index (χ1v) is 37.7. The Balaban J connectivity index is 0.639. The minimum atomic E-state index is -1.52. The third-order valence-corrected chi connectivity index (χ3v) is 17.9. The molecule has 111 heavy (non-hydrogen) atoms. The first-order chi connectivity index (χ1) is 53.9. The molecule has 8 rings (SSSR count). The fourth-order valence-electron chi connectivity index (χ4n) is 12.0. The minimum Gasteiger partial charge on any atom is -0.493 e. The average molecular weight is 1540 g/mol. The van der Waals surface area contributed by atoms with Crippen LogP contribution >= 0.6 is 0 Å². The molecule has 0 spiro atoms. The maximum Gasteiger partial charge on any atom is 0.416 e. The number of nitrogens with zero attached hydrogens (tertiary/aromatic N) is 4. The number of unbranched alkanes of at least 4 members (excludes halogenated alkanes) is 2. The van der Waals surface area contributed by atoms with Gasteiger partial charge in [0.2, 0.25) is 23.6 Å². The van der Waals surface area contributed by atoms with Gasteiger partial charge in [0.25, 0.3) is 11.8 Å². The van der Waals surface area contributed by atoms with Crippen molar-refractivity contribution in [2.75, 3.05) is 150 Å². The molecule has 0 bridgehead atoms. The zero-order valence-electron chi connectivity index (χ0n) is 64.7. The number of carbonyl (C=O) groups excluding carboxylic acids is 7. The zero-order chi connectivity index (χ0) is 79.1. The Morgan fingerprint density at radius 1 is 0.559 bits per heavy atom. The SMILES string of the molecule is COc1cc2c(cc1OCCCCCOc1cc3c(cc1OC)C(=O)N1C=C(C)C[C@H]1[C@H](O)N3C(=O)OCc1ccc(NC(=O)C(C)NC(=O)[C@@H](NC(=O)CCOCCOCCOCCOCCOCCOCCOCCOCCNC(=O)CC3=C\C=C/C=C\C=C/C=C\C=C3)C(C)C)cc1)N=C[C@@H]1CC(C)=CN1C2=O. The van der Waals surface area contributed by atoms with E-state index in [1.807, 2.05) is 86.9 Å². The Morgan fingerprint density at radius 3 is 1.67 bits per heavy atom. The highest BCUT2D eigenvalue weighted by Crippen LogP contribution is 2.43. The van der Waals surface area contributed by atoms with Crippen LogP contribution in [0.25, 0.3) is 0 Å². The molecule has 0 radical (unpaired) electrons. The number of anilines is 2. The summed E-state index contributed by atoms with van der Waals surface area (Å²) in [5.74, 6) is -1.10. The maximum atomic E-state index is 14.3. The molecular weight excluding hydrogens is 1430 g/mol. The summed E-state index contributed by atoms with van der Waals surface area (Å²) in [4.78, 5) is 103. The van der Waals surface area contributed by atoms with Crippen LogP contribution in [0.2, 0.25) is 0 Å². The summed E-state index contributed by atoms with van der Waals surface area (Å²) in [6.45, 7) is 15.5. The Morgan fingerprint density at radius 2 is 1.08 bits per heavy atom.